The number of rotatable bonds is 7. The van der Waals surface area contributed by atoms with E-state index in [1.807, 2.05) is 0 Å². The van der Waals surface area contributed by atoms with Crippen LogP contribution in [0.5, 0.6) is 0 Å². The van der Waals surface area contributed by atoms with Crippen LogP contribution in [0.25, 0.3) is 22.7 Å². The fraction of sp³-hybridized carbons (Fsp3) is 0.190. The highest BCUT2D eigenvalue weighted by Gasteiger charge is 2.20. The summed E-state index contributed by atoms with van der Waals surface area (Å²) in [5.41, 5.74) is 0.755. The summed E-state index contributed by atoms with van der Waals surface area (Å²) in [7, 11) is 0. The molecule has 0 saturated heterocycles. The Hall–Kier alpha value is -3.95. The van der Waals surface area contributed by atoms with Crippen molar-refractivity contribution in [2.75, 3.05) is 0 Å². The minimum Gasteiger partial charge on any atom is -0.453 e. The first kappa shape index (κ1) is 20.3. The van der Waals surface area contributed by atoms with Crippen LogP contribution in [-0.2, 0) is 16.0 Å². The zero-order chi connectivity index (χ0) is 21.8. The van der Waals surface area contributed by atoms with Gasteiger partial charge in [0.25, 0.3) is 5.89 Å². The molecular formula is C21H16F2N4O4. The summed E-state index contributed by atoms with van der Waals surface area (Å²) in [6, 6.07) is 6.66. The Morgan fingerprint density at radius 1 is 1.23 bits per heavy atom. The van der Waals surface area contributed by atoms with Gasteiger partial charge in [0, 0.05) is 30.4 Å². The number of benzene rings is 1. The van der Waals surface area contributed by atoms with Crippen molar-refractivity contribution in [3.8, 4) is 22.7 Å². The van der Waals surface area contributed by atoms with E-state index in [1.165, 1.54) is 12.3 Å². The fourth-order valence-electron chi connectivity index (χ4n) is 2.77. The Kier molecular flexibility index (Phi) is 5.78. The Morgan fingerprint density at radius 2 is 2.10 bits per heavy atom. The van der Waals surface area contributed by atoms with Gasteiger partial charge in [-0.05, 0) is 31.2 Å². The van der Waals surface area contributed by atoms with Crippen molar-refractivity contribution in [3.05, 3.63) is 72.3 Å². The molecule has 4 aromatic rings. The topological polar surface area (TPSA) is 104 Å². The SMILES string of the molecule is CC(OC(=O)CCc1ncc(-c2ccc(F)cc2F)o1)c1nc(-c2cccnc2)no1. The summed E-state index contributed by atoms with van der Waals surface area (Å²) in [5.74, 6) is -1.12. The molecule has 3 heterocycles. The molecule has 10 heteroatoms. The van der Waals surface area contributed by atoms with E-state index in [2.05, 4.69) is 20.1 Å². The van der Waals surface area contributed by atoms with Crippen LogP contribution in [0.4, 0.5) is 8.78 Å². The van der Waals surface area contributed by atoms with Gasteiger partial charge in [-0.15, -0.1) is 0 Å². The lowest BCUT2D eigenvalue weighted by Crippen LogP contribution is -2.10. The highest BCUT2D eigenvalue weighted by molar-refractivity contribution is 5.69. The third-order valence-corrected chi connectivity index (χ3v) is 4.31. The maximum atomic E-state index is 13.8. The second-order valence-electron chi connectivity index (χ2n) is 6.57. The summed E-state index contributed by atoms with van der Waals surface area (Å²) >= 11 is 0. The molecule has 0 radical (unpaired) electrons. The molecule has 0 amide bonds. The van der Waals surface area contributed by atoms with Crippen molar-refractivity contribution >= 4 is 5.97 Å². The van der Waals surface area contributed by atoms with Crippen LogP contribution in [0.15, 0.2) is 57.9 Å². The van der Waals surface area contributed by atoms with Crippen molar-refractivity contribution in [1.29, 1.82) is 0 Å². The number of hydrogen-bond donors (Lipinski definition) is 0. The van der Waals surface area contributed by atoms with Gasteiger partial charge in [0.05, 0.1) is 18.2 Å². The Labute approximate surface area is 174 Å². The summed E-state index contributed by atoms with van der Waals surface area (Å²) in [5, 5.41) is 3.86. The minimum atomic E-state index is -0.763. The lowest BCUT2D eigenvalue weighted by atomic mass is 10.2. The molecule has 0 saturated carbocycles. The molecule has 0 aliphatic heterocycles. The quantitative estimate of drug-likeness (QED) is 0.403. The van der Waals surface area contributed by atoms with E-state index in [-0.39, 0.29) is 35.9 Å². The van der Waals surface area contributed by atoms with E-state index in [0.717, 1.165) is 12.1 Å². The number of nitrogens with zero attached hydrogens (tertiary/aromatic N) is 4. The highest BCUT2D eigenvalue weighted by Crippen LogP contribution is 2.25. The van der Waals surface area contributed by atoms with Gasteiger partial charge in [-0.1, -0.05) is 5.16 Å². The summed E-state index contributed by atoms with van der Waals surface area (Å²) in [6.45, 7) is 1.61. The zero-order valence-electron chi connectivity index (χ0n) is 16.3. The summed E-state index contributed by atoms with van der Waals surface area (Å²) < 4.78 is 42.8. The Bertz CT molecular complexity index is 1190. The van der Waals surface area contributed by atoms with Gasteiger partial charge >= 0.3 is 5.97 Å². The predicted molar refractivity (Wildman–Crippen MR) is 102 cm³/mol. The summed E-state index contributed by atoms with van der Waals surface area (Å²) in [4.78, 5) is 24.4. The number of oxazole rings is 1. The molecule has 3 aromatic heterocycles. The average molecular weight is 426 g/mol. The Balaban J connectivity index is 1.32. The maximum absolute atomic E-state index is 13.8. The second-order valence-corrected chi connectivity index (χ2v) is 6.57. The molecule has 0 bridgehead atoms. The molecule has 1 unspecified atom stereocenters. The maximum Gasteiger partial charge on any atom is 0.307 e. The number of ether oxygens (including phenoxy) is 1. The monoisotopic (exact) mass is 426 g/mol. The third-order valence-electron chi connectivity index (χ3n) is 4.31. The number of esters is 1. The van der Waals surface area contributed by atoms with Crippen LogP contribution >= 0.6 is 0 Å². The molecule has 1 aromatic carbocycles. The van der Waals surface area contributed by atoms with Crippen LogP contribution in [-0.4, -0.2) is 26.1 Å². The Morgan fingerprint density at radius 3 is 2.87 bits per heavy atom. The minimum absolute atomic E-state index is 0.0280. The van der Waals surface area contributed by atoms with Gasteiger partial charge in [0.1, 0.15) is 11.6 Å². The van der Waals surface area contributed by atoms with Crippen molar-refractivity contribution in [2.24, 2.45) is 0 Å². The molecule has 0 aliphatic carbocycles. The molecule has 4 rings (SSSR count). The fourth-order valence-corrected chi connectivity index (χ4v) is 2.77. The van der Waals surface area contributed by atoms with Gasteiger partial charge in [-0.2, -0.15) is 4.98 Å². The first-order valence-electron chi connectivity index (χ1n) is 9.33. The molecule has 0 N–H and O–H groups in total. The van der Waals surface area contributed by atoms with E-state index in [1.54, 1.807) is 31.5 Å². The van der Waals surface area contributed by atoms with Gasteiger partial charge in [-0.25, -0.2) is 13.8 Å². The molecule has 1 atom stereocenters. The van der Waals surface area contributed by atoms with Crippen molar-refractivity contribution < 1.29 is 27.3 Å². The number of pyridine rings is 1. The normalized spacial score (nSPS) is 12.0. The largest absolute Gasteiger partial charge is 0.453 e. The number of carbonyl (C=O) groups excluding carboxylic acids is 1. The number of aromatic nitrogens is 4. The number of carbonyl (C=O) groups is 1. The van der Waals surface area contributed by atoms with E-state index in [4.69, 9.17) is 13.7 Å². The number of aryl methyl sites for hydroxylation is 1. The smallest absolute Gasteiger partial charge is 0.307 e. The third kappa shape index (κ3) is 4.80. The van der Waals surface area contributed by atoms with Gasteiger partial charge in [0.2, 0.25) is 5.82 Å². The van der Waals surface area contributed by atoms with Gasteiger partial charge < -0.3 is 13.7 Å². The van der Waals surface area contributed by atoms with E-state index < -0.39 is 23.7 Å². The molecule has 0 fully saturated rings. The van der Waals surface area contributed by atoms with Crippen LogP contribution in [0.3, 0.4) is 0 Å². The van der Waals surface area contributed by atoms with Gasteiger partial charge in [0.15, 0.2) is 17.8 Å². The number of hydrogen-bond acceptors (Lipinski definition) is 8. The van der Waals surface area contributed by atoms with Crippen LogP contribution in [0.2, 0.25) is 0 Å². The van der Waals surface area contributed by atoms with E-state index >= 15 is 0 Å². The first-order valence-corrected chi connectivity index (χ1v) is 9.33. The summed E-state index contributed by atoms with van der Waals surface area (Å²) in [6.07, 6.45) is 3.89. The van der Waals surface area contributed by atoms with Crippen molar-refractivity contribution in [1.82, 2.24) is 20.1 Å². The standard InChI is InChI=1S/C21H16F2N4O4/c1-12(21-26-20(27-31-21)13-3-2-8-24-10-13)29-19(28)7-6-18-25-11-17(30-18)15-5-4-14(22)9-16(15)23/h2-5,8-12H,6-7H2,1H3. The molecule has 8 nitrogen and oxygen atoms in total. The van der Waals surface area contributed by atoms with Gasteiger partial charge in [-0.3, -0.25) is 9.78 Å². The lowest BCUT2D eigenvalue weighted by Gasteiger charge is -2.08. The van der Waals surface area contributed by atoms with Crippen LogP contribution in [0.1, 0.15) is 31.2 Å². The van der Waals surface area contributed by atoms with Crippen molar-refractivity contribution in [2.45, 2.75) is 25.9 Å². The molecule has 0 aliphatic rings. The lowest BCUT2D eigenvalue weighted by molar-refractivity contribution is -0.149. The zero-order valence-corrected chi connectivity index (χ0v) is 16.3. The second kappa shape index (κ2) is 8.82. The average Bonchev–Trinajstić information content (AvgIpc) is 3.43. The molecule has 0 spiro atoms. The highest BCUT2D eigenvalue weighted by atomic mass is 19.1. The molecule has 158 valence electrons. The first-order chi connectivity index (χ1) is 15.0. The van der Waals surface area contributed by atoms with E-state index in [9.17, 15) is 13.6 Å². The van der Waals surface area contributed by atoms with E-state index in [0.29, 0.717) is 11.4 Å². The number of halogens is 2. The predicted octanol–water partition coefficient (Wildman–Crippen LogP) is 4.30. The molecule has 31 heavy (non-hydrogen) atoms. The van der Waals surface area contributed by atoms with Crippen LogP contribution < -0.4 is 0 Å². The molecular weight excluding hydrogens is 410 g/mol. The van der Waals surface area contributed by atoms with Crippen molar-refractivity contribution in [3.63, 3.8) is 0 Å². The van der Waals surface area contributed by atoms with Crippen LogP contribution in [0, 0.1) is 11.6 Å².